The van der Waals surface area contributed by atoms with Crippen molar-refractivity contribution in [1.82, 2.24) is 15.1 Å². The van der Waals surface area contributed by atoms with Crippen LogP contribution in [0.3, 0.4) is 0 Å². The molecule has 25 heavy (non-hydrogen) atoms. The van der Waals surface area contributed by atoms with Crippen LogP contribution in [0.5, 0.6) is 0 Å². The fourth-order valence-electron chi connectivity index (χ4n) is 2.21. The highest BCUT2D eigenvalue weighted by molar-refractivity contribution is 5.75. The Morgan fingerprint density at radius 3 is 2.52 bits per heavy atom. The molecule has 3 rings (SSSR count). The van der Waals surface area contributed by atoms with Crippen molar-refractivity contribution < 1.29 is 13.6 Å². The lowest BCUT2D eigenvalue weighted by Gasteiger charge is -2.05. The van der Waals surface area contributed by atoms with Crippen LogP contribution in [0.4, 0.5) is 4.39 Å². The van der Waals surface area contributed by atoms with Gasteiger partial charge in [0.2, 0.25) is 11.8 Å². The zero-order valence-electron chi connectivity index (χ0n) is 13.5. The van der Waals surface area contributed by atoms with Gasteiger partial charge in [0.15, 0.2) is 0 Å². The molecule has 0 aliphatic carbocycles. The van der Waals surface area contributed by atoms with E-state index in [9.17, 15) is 14.0 Å². The van der Waals surface area contributed by atoms with Gasteiger partial charge in [-0.1, -0.05) is 29.8 Å². The minimum absolute atomic E-state index is 0.0383. The van der Waals surface area contributed by atoms with Crippen LogP contribution in [0.25, 0.3) is 11.5 Å². The van der Waals surface area contributed by atoms with Gasteiger partial charge in [-0.2, -0.15) is 4.68 Å². The normalized spacial score (nSPS) is 10.6. The minimum Gasteiger partial charge on any atom is -0.388 e. The number of benzene rings is 2. The Balaban J connectivity index is 1.64. The van der Waals surface area contributed by atoms with Crippen molar-refractivity contribution >= 4 is 5.91 Å². The van der Waals surface area contributed by atoms with Crippen LogP contribution < -0.4 is 11.1 Å². The van der Waals surface area contributed by atoms with Crippen LogP contribution in [0.15, 0.2) is 57.7 Å². The van der Waals surface area contributed by atoms with E-state index in [4.69, 9.17) is 4.42 Å². The molecule has 6 nitrogen and oxygen atoms in total. The van der Waals surface area contributed by atoms with Gasteiger partial charge < -0.3 is 9.73 Å². The zero-order chi connectivity index (χ0) is 17.8. The molecule has 0 spiro atoms. The molecular formula is C18H16FN3O3. The Kier molecular flexibility index (Phi) is 4.74. The number of nitrogens with one attached hydrogen (secondary N) is 1. The van der Waals surface area contributed by atoms with Crippen LogP contribution in [-0.2, 0) is 17.9 Å². The SMILES string of the molecule is Cc1ccc(CNC(=O)Cn2nc(-c3ccc(F)cc3)oc2=O)cc1. The van der Waals surface area contributed by atoms with Gasteiger partial charge in [-0.05, 0) is 36.8 Å². The van der Waals surface area contributed by atoms with E-state index in [1.165, 1.54) is 24.3 Å². The van der Waals surface area contributed by atoms with Gasteiger partial charge in [0, 0.05) is 12.1 Å². The Labute approximate surface area is 142 Å². The number of amides is 1. The fourth-order valence-corrected chi connectivity index (χ4v) is 2.21. The van der Waals surface area contributed by atoms with E-state index < -0.39 is 11.6 Å². The van der Waals surface area contributed by atoms with Crippen LogP contribution >= 0.6 is 0 Å². The maximum atomic E-state index is 12.9. The molecule has 3 aromatic rings. The van der Waals surface area contributed by atoms with Crippen molar-refractivity contribution in [3.63, 3.8) is 0 Å². The maximum Gasteiger partial charge on any atom is 0.437 e. The molecule has 2 aromatic carbocycles. The van der Waals surface area contributed by atoms with E-state index >= 15 is 0 Å². The predicted octanol–water partition coefficient (Wildman–Crippen LogP) is 2.27. The van der Waals surface area contributed by atoms with Crippen LogP contribution in [-0.4, -0.2) is 15.7 Å². The molecule has 0 unspecified atom stereocenters. The summed E-state index contributed by atoms with van der Waals surface area (Å²) in [6.07, 6.45) is 0. The highest BCUT2D eigenvalue weighted by Crippen LogP contribution is 2.15. The summed E-state index contributed by atoms with van der Waals surface area (Å²) >= 11 is 0. The van der Waals surface area contributed by atoms with Gasteiger partial charge in [0.05, 0.1) is 0 Å². The molecule has 128 valence electrons. The summed E-state index contributed by atoms with van der Waals surface area (Å²) in [6, 6.07) is 13.1. The number of nitrogens with zero attached hydrogens (tertiary/aromatic N) is 2. The smallest absolute Gasteiger partial charge is 0.388 e. The third-order valence-electron chi connectivity index (χ3n) is 3.60. The lowest BCUT2D eigenvalue weighted by molar-refractivity contribution is -0.122. The fraction of sp³-hybridized carbons (Fsp3) is 0.167. The first-order valence-electron chi connectivity index (χ1n) is 7.67. The summed E-state index contributed by atoms with van der Waals surface area (Å²) in [5, 5.41) is 6.69. The summed E-state index contributed by atoms with van der Waals surface area (Å²) in [5.74, 6) is -1.47. The van der Waals surface area contributed by atoms with E-state index in [1.807, 2.05) is 31.2 Å². The van der Waals surface area contributed by atoms with E-state index in [0.29, 0.717) is 12.1 Å². The number of carbonyl (C=O) groups is 1. The zero-order valence-corrected chi connectivity index (χ0v) is 13.5. The molecule has 0 saturated carbocycles. The van der Waals surface area contributed by atoms with E-state index in [-0.39, 0.29) is 18.3 Å². The molecule has 1 amide bonds. The van der Waals surface area contributed by atoms with E-state index in [1.54, 1.807) is 0 Å². The molecule has 0 saturated heterocycles. The molecule has 0 atom stereocenters. The third kappa shape index (κ3) is 4.20. The number of aromatic nitrogens is 2. The second kappa shape index (κ2) is 7.12. The first-order valence-corrected chi connectivity index (χ1v) is 7.67. The third-order valence-corrected chi connectivity index (χ3v) is 3.60. The Bertz CT molecular complexity index is 927. The van der Waals surface area contributed by atoms with E-state index in [2.05, 4.69) is 10.4 Å². The largest absolute Gasteiger partial charge is 0.437 e. The number of aryl methyl sites for hydroxylation is 1. The Morgan fingerprint density at radius 2 is 1.84 bits per heavy atom. The average molecular weight is 341 g/mol. The van der Waals surface area contributed by atoms with Crippen LogP contribution in [0.2, 0.25) is 0 Å². The van der Waals surface area contributed by atoms with Crippen molar-refractivity contribution in [3.8, 4) is 11.5 Å². The van der Waals surface area contributed by atoms with Gasteiger partial charge in [0.25, 0.3) is 0 Å². The van der Waals surface area contributed by atoms with Gasteiger partial charge in [-0.3, -0.25) is 4.79 Å². The van der Waals surface area contributed by atoms with Crippen molar-refractivity contribution in [2.75, 3.05) is 0 Å². The van der Waals surface area contributed by atoms with Crippen molar-refractivity contribution in [3.05, 3.63) is 76.0 Å². The quantitative estimate of drug-likeness (QED) is 0.772. The molecule has 0 aliphatic rings. The Morgan fingerprint density at radius 1 is 1.16 bits per heavy atom. The first-order chi connectivity index (χ1) is 12.0. The Hall–Kier alpha value is -3.22. The summed E-state index contributed by atoms with van der Waals surface area (Å²) in [4.78, 5) is 23.8. The summed E-state index contributed by atoms with van der Waals surface area (Å²) in [6.45, 7) is 2.09. The van der Waals surface area contributed by atoms with Crippen molar-refractivity contribution in [2.45, 2.75) is 20.0 Å². The average Bonchev–Trinajstić information content (AvgIpc) is 2.95. The molecule has 7 heteroatoms. The van der Waals surface area contributed by atoms with Crippen molar-refractivity contribution in [1.29, 1.82) is 0 Å². The summed E-state index contributed by atoms with van der Waals surface area (Å²) < 4.78 is 18.9. The lowest BCUT2D eigenvalue weighted by atomic mass is 10.1. The number of hydrogen-bond acceptors (Lipinski definition) is 4. The molecule has 0 fully saturated rings. The molecule has 1 N–H and O–H groups in total. The lowest BCUT2D eigenvalue weighted by Crippen LogP contribution is -2.31. The maximum absolute atomic E-state index is 12.9. The number of carbonyl (C=O) groups excluding carboxylic acids is 1. The number of rotatable bonds is 5. The highest BCUT2D eigenvalue weighted by atomic mass is 19.1. The van der Waals surface area contributed by atoms with Gasteiger partial charge in [0.1, 0.15) is 12.4 Å². The number of hydrogen-bond donors (Lipinski definition) is 1. The molecule has 0 radical (unpaired) electrons. The van der Waals surface area contributed by atoms with Crippen LogP contribution in [0, 0.1) is 12.7 Å². The van der Waals surface area contributed by atoms with E-state index in [0.717, 1.165) is 15.8 Å². The second-order valence-corrected chi connectivity index (χ2v) is 5.60. The second-order valence-electron chi connectivity index (χ2n) is 5.60. The van der Waals surface area contributed by atoms with Gasteiger partial charge in [-0.15, -0.1) is 5.10 Å². The van der Waals surface area contributed by atoms with Crippen LogP contribution in [0.1, 0.15) is 11.1 Å². The topological polar surface area (TPSA) is 77.1 Å². The predicted molar refractivity (Wildman–Crippen MR) is 89.2 cm³/mol. The monoisotopic (exact) mass is 341 g/mol. The minimum atomic E-state index is -0.746. The van der Waals surface area contributed by atoms with Crippen molar-refractivity contribution in [2.24, 2.45) is 0 Å². The first kappa shape index (κ1) is 16.6. The number of halogens is 1. The highest BCUT2D eigenvalue weighted by Gasteiger charge is 2.13. The van der Waals surface area contributed by atoms with Gasteiger partial charge in [-0.25, -0.2) is 9.18 Å². The standard InChI is InChI=1S/C18H16FN3O3/c1-12-2-4-13(5-3-12)10-20-16(23)11-22-18(24)25-17(21-22)14-6-8-15(19)9-7-14/h2-9H,10-11H2,1H3,(H,20,23). The molecular weight excluding hydrogens is 325 g/mol. The van der Waals surface area contributed by atoms with Gasteiger partial charge >= 0.3 is 5.76 Å². The molecule has 0 aliphatic heterocycles. The molecule has 0 bridgehead atoms. The molecule has 1 aromatic heterocycles. The molecule has 1 heterocycles. The summed E-state index contributed by atoms with van der Waals surface area (Å²) in [7, 11) is 0. The summed E-state index contributed by atoms with van der Waals surface area (Å²) in [5.41, 5.74) is 2.55.